The van der Waals surface area contributed by atoms with Crippen molar-refractivity contribution in [2.75, 3.05) is 0 Å². The highest BCUT2D eigenvalue weighted by Crippen LogP contribution is 2.38. The molecule has 0 bridgehead atoms. The minimum absolute atomic E-state index is 0.0362. The second kappa shape index (κ2) is 8.77. The van der Waals surface area contributed by atoms with Gasteiger partial charge in [-0.2, -0.15) is 10.5 Å². The molecular formula is C28H28N2O2. The van der Waals surface area contributed by atoms with Gasteiger partial charge in [0, 0.05) is 12.1 Å². The fraction of sp³-hybridized carbons (Fsp3) is 0.286. The molecule has 0 aliphatic heterocycles. The summed E-state index contributed by atoms with van der Waals surface area (Å²) < 4.78 is 12.2. The van der Waals surface area contributed by atoms with Crippen LogP contribution in [0.2, 0.25) is 0 Å². The van der Waals surface area contributed by atoms with E-state index in [0.29, 0.717) is 23.0 Å². The molecule has 0 heterocycles. The third-order valence-electron chi connectivity index (χ3n) is 5.22. The predicted molar refractivity (Wildman–Crippen MR) is 126 cm³/mol. The van der Waals surface area contributed by atoms with E-state index in [-0.39, 0.29) is 22.0 Å². The number of rotatable bonds is 4. The first kappa shape index (κ1) is 22.9. The first-order chi connectivity index (χ1) is 15.0. The second-order valence-corrected chi connectivity index (χ2v) is 9.82. The lowest BCUT2D eigenvalue weighted by Gasteiger charge is -2.20. The average molecular weight is 425 g/mol. The quantitative estimate of drug-likeness (QED) is 0.432. The molecular weight excluding hydrogens is 396 g/mol. The van der Waals surface area contributed by atoms with Gasteiger partial charge in [-0.15, -0.1) is 0 Å². The van der Waals surface area contributed by atoms with Gasteiger partial charge in [-0.25, -0.2) is 0 Å². The molecule has 0 spiro atoms. The zero-order valence-electron chi connectivity index (χ0n) is 19.5. The Morgan fingerprint density at radius 3 is 1.12 bits per heavy atom. The summed E-state index contributed by atoms with van der Waals surface area (Å²) in [6.07, 6.45) is 0. The first-order valence-electron chi connectivity index (χ1n) is 10.6. The van der Waals surface area contributed by atoms with Crippen LogP contribution in [0.3, 0.4) is 0 Å². The third-order valence-corrected chi connectivity index (χ3v) is 5.22. The smallest absolute Gasteiger partial charge is 0.171 e. The Morgan fingerprint density at radius 1 is 0.562 bits per heavy atom. The summed E-state index contributed by atoms with van der Waals surface area (Å²) >= 11 is 0. The largest absolute Gasteiger partial charge is 0.453 e. The second-order valence-electron chi connectivity index (χ2n) is 9.82. The van der Waals surface area contributed by atoms with E-state index >= 15 is 0 Å². The SMILES string of the molecule is CC(C)(C)c1ccc(Oc2cc(C#N)c(C#N)cc2Oc2ccc(C(C)(C)C)cc2)cc1. The van der Waals surface area contributed by atoms with Crippen molar-refractivity contribution < 1.29 is 9.47 Å². The van der Waals surface area contributed by atoms with E-state index in [1.54, 1.807) is 12.1 Å². The topological polar surface area (TPSA) is 66.0 Å². The Labute approximate surface area is 190 Å². The molecule has 162 valence electrons. The van der Waals surface area contributed by atoms with Gasteiger partial charge in [0.25, 0.3) is 0 Å². The van der Waals surface area contributed by atoms with Crippen molar-refractivity contribution in [3.8, 4) is 35.1 Å². The van der Waals surface area contributed by atoms with Gasteiger partial charge in [-0.05, 0) is 46.2 Å². The van der Waals surface area contributed by atoms with Crippen LogP contribution < -0.4 is 9.47 Å². The lowest BCUT2D eigenvalue weighted by atomic mass is 9.87. The van der Waals surface area contributed by atoms with E-state index in [0.717, 1.165) is 0 Å². The van der Waals surface area contributed by atoms with Crippen molar-refractivity contribution in [3.63, 3.8) is 0 Å². The summed E-state index contributed by atoms with van der Waals surface area (Å²) in [7, 11) is 0. The summed E-state index contributed by atoms with van der Waals surface area (Å²) in [4.78, 5) is 0. The lowest BCUT2D eigenvalue weighted by molar-refractivity contribution is 0.418. The maximum Gasteiger partial charge on any atom is 0.171 e. The minimum atomic E-state index is 0.0362. The van der Waals surface area contributed by atoms with Gasteiger partial charge in [0.2, 0.25) is 0 Å². The number of hydrogen-bond donors (Lipinski definition) is 0. The molecule has 0 aliphatic carbocycles. The molecule has 4 heteroatoms. The number of hydrogen-bond acceptors (Lipinski definition) is 4. The number of ether oxygens (including phenoxy) is 2. The van der Waals surface area contributed by atoms with Crippen molar-refractivity contribution >= 4 is 0 Å². The summed E-state index contributed by atoms with van der Waals surface area (Å²) in [6.45, 7) is 12.9. The van der Waals surface area contributed by atoms with Crippen LogP contribution in [0.5, 0.6) is 23.0 Å². The number of nitriles is 2. The molecule has 0 amide bonds. The van der Waals surface area contributed by atoms with Gasteiger partial charge in [0.15, 0.2) is 11.5 Å². The molecule has 0 unspecified atom stereocenters. The molecule has 3 rings (SSSR count). The Kier molecular flexibility index (Phi) is 6.28. The molecule has 0 fully saturated rings. The molecule has 0 N–H and O–H groups in total. The highest BCUT2D eigenvalue weighted by Gasteiger charge is 2.17. The molecule has 4 nitrogen and oxygen atoms in total. The van der Waals surface area contributed by atoms with E-state index in [4.69, 9.17) is 9.47 Å². The zero-order valence-corrected chi connectivity index (χ0v) is 19.5. The summed E-state index contributed by atoms with van der Waals surface area (Å²) in [5.41, 5.74) is 2.94. The molecule has 0 radical (unpaired) electrons. The predicted octanol–water partition coefficient (Wildman–Crippen LogP) is 7.61. The van der Waals surface area contributed by atoms with Gasteiger partial charge in [0.05, 0.1) is 11.1 Å². The van der Waals surface area contributed by atoms with E-state index in [2.05, 4.69) is 53.7 Å². The van der Waals surface area contributed by atoms with E-state index < -0.39 is 0 Å². The fourth-order valence-corrected chi connectivity index (χ4v) is 3.20. The van der Waals surface area contributed by atoms with Crippen molar-refractivity contribution in [2.24, 2.45) is 0 Å². The normalized spacial score (nSPS) is 11.4. The van der Waals surface area contributed by atoms with E-state index in [9.17, 15) is 10.5 Å². The monoisotopic (exact) mass is 424 g/mol. The Bertz CT molecular complexity index is 1080. The first-order valence-corrected chi connectivity index (χ1v) is 10.6. The van der Waals surface area contributed by atoms with Crippen LogP contribution in [-0.2, 0) is 10.8 Å². The van der Waals surface area contributed by atoms with Gasteiger partial charge < -0.3 is 9.47 Å². The highest BCUT2D eigenvalue weighted by atomic mass is 16.5. The molecule has 0 saturated carbocycles. The Hall–Kier alpha value is -3.76. The van der Waals surface area contributed by atoms with Crippen LogP contribution in [0.4, 0.5) is 0 Å². The molecule has 0 atom stereocenters. The van der Waals surface area contributed by atoms with Crippen LogP contribution in [0, 0.1) is 22.7 Å². The van der Waals surface area contributed by atoms with Gasteiger partial charge in [-0.1, -0.05) is 65.8 Å². The fourth-order valence-electron chi connectivity index (χ4n) is 3.20. The average Bonchev–Trinajstić information content (AvgIpc) is 2.74. The highest BCUT2D eigenvalue weighted by molar-refractivity contribution is 5.58. The standard InChI is InChI=1S/C28H28N2O2/c1-27(2,3)21-7-11-23(12-8-21)31-25-15-19(17-29)20(18-30)16-26(25)32-24-13-9-22(10-14-24)28(4,5)6/h7-16H,1-6H3. The molecule has 3 aromatic rings. The van der Waals surface area contributed by atoms with E-state index in [1.807, 2.05) is 48.5 Å². The maximum atomic E-state index is 9.46. The third kappa shape index (κ3) is 5.29. The van der Waals surface area contributed by atoms with Crippen LogP contribution in [0.1, 0.15) is 63.8 Å². The summed E-state index contributed by atoms with van der Waals surface area (Å²) in [5, 5.41) is 18.9. The van der Waals surface area contributed by atoms with Crippen molar-refractivity contribution in [3.05, 3.63) is 82.9 Å². The van der Waals surface area contributed by atoms with Gasteiger partial charge in [-0.3, -0.25) is 0 Å². The maximum absolute atomic E-state index is 9.46. The van der Waals surface area contributed by atoms with Gasteiger partial charge in [0.1, 0.15) is 23.6 Å². The Balaban J connectivity index is 1.96. The number of nitrogens with zero attached hydrogens (tertiary/aromatic N) is 2. The summed E-state index contributed by atoms with van der Waals surface area (Å²) in [5.74, 6) is 2.01. The van der Waals surface area contributed by atoms with Crippen LogP contribution >= 0.6 is 0 Å². The molecule has 0 aromatic heterocycles. The van der Waals surface area contributed by atoms with Crippen LogP contribution in [0.15, 0.2) is 60.7 Å². The van der Waals surface area contributed by atoms with E-state index in [1.165, 1.54) is 11.1 Å². The Morgan fingerprint density at radius 2 is 0.875 bits per heavy atom. The van der Waals surface area contributed by atoms with Gasteiger partial charge >= 0.3 is 0 Å². The minimum Gasteiger partial charge on any atom is -0.453 e. The lowest BCUT2D eigenvalue weighted by Crippen LogP contribution is -2.10. The number of benzene rings is 3. The molecule has 0 saturated heterocycles. The molecule has 0 aliphatic rings. The van der Waals surface area contributed by atoms with Crippen molar-refractivity contribution in [2.45, 2.75) is 52.4 Å². The molecule has 3 aromatic carbocycles. The zero-order chi connectivity index (χ0) is 23.5. The summed E-state index contributed by atoms with van der Waals surface area (Å²) in [6, 6.07) is 22.9. The van der Waals surface area contributed by atoms with Crippen LogP contribution in [0.25, 0.3) is 0 Å². The van der Waals surface area contributed by atoms with Crippen molar-refractivity contribution in [1.82, 2.24) is 0 Å². The van der Waals surface area contributed by atoms with Crippen molar-refractivity contribution in [1.29, 1.82) is 10.5 Å². The van der Waals surface area contributed by atoms with Crippen LogP contribution in [-0.4, -0.2) is 0 Å². The molecule has 32 heavy (non-hydrogen) atoms.